The molecule has 6 nitrogen and oxygen atoms in total. The lowest BCUT2D eigenvalue weighted by Gasteiger charge is -2.12. The predicted octanol–water partition coefficient (Wildman–Crippen LogP) is 1.68. The molecule has 0 atom stereocenters. The molecule has 0 unspecified atom stereocenters. The van der Waals surface area contributed by atoms with Gasteiger partial charge in [0.15, 0.2) is 5.69 Å². The second-order valence-corrected chi connectivity index (χ2v) is 7.05. The normalized spacial score (nSPS) is 13.3. The van der Waals surface area contributed by atoms with E-state index in [0.717, 1.165) is 18.4 Å². The Morgan fingerprint density at radius 2 is 1.96 bits per heavy atom. The first-order valence-electron chi connectivity index (χ1n) is 9.09. The van der Waals surface area contributed by atoms with Crippen molar-refractivity contribution in [2.75, 3.05) is 5.73 Å². The molecule has 0 spiro atoms. The van der Waals surface area contributed by atoms with Crippen LogP contribution in [0.1, 0.15) is 44.8 Å². The van der Waals surface area contributed by atoms with E-state index >= 15 is 0 Å². The van der Waals surface area contributed by atoms with E-state index in [0.29, 0.717) is 22.3 Å². The highest BCUT2D eigenvalue weighted by Gasteiger charge is 2.24. The molecule has 1 amide bonds. The Hall–Kier alpha value is -3.35. The van der Waals surface area contributed by atoms with Crippen LogP contribution in [0.15, 0.2) is 48.8 Å². The number of aromatic nitrogens is 2. The van der Waals surface area contributed by atoms with E-state index in [1.54, 1.807) is 41.0 Å². The van der Waals surface area contributed by atoms with Crippen molar-refractivity contribution >= 4 is 30.8 Å². The summed E-state index contributed by atoms with van der Waals surface area (Å²) in [7, 11) is 5.77. The molecule has 1 heterocycles. The van der Waals surface area contributed by atoms with Gasteiger partial charge >= 0.3 is 0 Å². The van der Waals surface area contributed by atoms with E-state index in [4.69, 9.17) is 13.6 Å². The zero-order valence-corrected chi connectivity index (χ0v) is 15.5. The maximum Gasteiger partial charge on any atom is 0.251 e. The van der Waals surface area contributed by atoms with Gasteiger partial charge in [-0.05, 0) is 37.5 Å². The Morgan fingerprint density at radius 1 is 1.18 bits per heavy atom. The molecular weight excluding hydrogens is 351 g/mol. The fourth-order valence-electron chi connectivity index (χ4n) is 3.05. The van der Waals surface area contributed by atoms with Gasteiger partial charge in [0.05, 0.1) is 5.69 Å². The molecular formula is C21H19BN4O2. The molecule has 1 fully saturated rings. The number of hydrogen-bond acceptors (Lipinski definition) is 4. The highest BCUT2D eigenvalue weighted by atomic mass is 16.1. The number of hydrogen-bond donors (Lipinski definition) is 2. The number of carbonyl (C=O) groups excluding carboxylic acids is 2. The number of carbonyl (C=O) groups is 2. The standard InChI is InChI=1S/C21H19BN4O2/c1-12-5-6-14(21(28)25-16-7-8-16)10-17(12)26-11-24-18(20(26)23)19(27)13-3-2-4-15(22)9-13/h2-6,9-11,16H,7-8,23H2,1H3,(H,25,28). The van der Waals surface area contributed by atoms with Crippen LogP contribution in [0.4, 0.5) is 5.82 Å². The minimum absolute atomic E-state index is 0.113. The Kier molecular flexibility index (Phi) is 4.51. The summed E-state index contributed by atoms with van der Waals surface area (Å²) in [6.07, 6.45) is 3.54. The van der Waals surface area contributed by atoms with Crippen molar-refractivity contribution in [3.8, 4) is 5.69 Å². The van der Waals surface area contributed by atoms with Crippen molar-refractivity contribution in [3.63, 3.8) is 0 Å². The number of ketones is 1. The topological polar surface area (TPSA) is 90.0 Å². The number of anilines is 1. The van der Waals surface area contributed by atoms with Crippen LogP contribution in [-0.4, -0.2) is 35.1 Å². The van der Waals surface area contributed by atoms with Crippen LogP contribution >= 0.6 is 0 Å². The van der Waals surface area contributed by atoms with Gasteiger partial charge in [-0.1, -0.05) is 35.8 Å². The molecule has 4 rings (SSSR count). The molecule has 2 aromatic carbocycles. The van der Waals surface area contributed by atoms with E-state index in [-0.39, 0.29) is 29.2 Å². The van der Waals surface area contributed by atoms with Gasteiger partial charge in [-0.15, -0.1) is 0 Å². The van der Waals surface area contributed by atoms with Crippen molar-refractivity contribution in [3.05, 3.63) is 71.2 Å². The lowest BCUT2D eigenvalue weighted by molar-refractivity contribution is 0.0950. The summed E-state index contributed by atoms with van der Waals surface area (Å²) in [5.41, 5.74) is 9.48. The third-order valence-corrected chi connectivity index (χ3v) is 4.81. The summed E-state index contributed by atoms with van der Waals surface area (Å²) in [6.45, 7) is 1.91. The molecule has 2 radical (unpaired) electrons. The summed E-state index contributed by atoms with van der Waals surface area (Å²) in [4.78, 5) is 29.4. The average molecular weight is 370 g/mol. The summed E-state index contributed by atoms with van der Waals surface area (Å²) < 4.78 is 1.63. The van der Waals surface area contributed by atoms with Crippen LogP contribution in [0.25, 0.3) is 5.69 Å². The molecule has 0 aliphatic heterocycles. The lowest BCUT2D eigenvalue weighted by Crippen LogP contribution is -2.25. The second kappa shape index (κ2) is 7.00. The fourth-order valence-corrected chi connectivity index (χ4v) is 3.05. The largest absolute Gasteiger partial charge is 0.383 e. The molecule has 0 saturated heterocycles. The summed E-state index contributed by atoms with van der Waals surface area (Å²) in [6, 6.07) is 12.4. The maximum absolute atomic E-state index is 12.8. The van der Waals surface area contributed by atoms with Gasteiger partial charge in [0, 0.05) is 17.2 Å². The van der Waals surface area contributed by atoms with E-state index in [1.165, 1.54) is 6.33 Å². The van der Waals surface area contributed by atoms with Gasteiger partial charge in [0.2, 0.25) is 5.78 Å². The minimum atomic E-state index is -0.302. The molecule has 3 aromatic rings. The zero-order chi connectivity index (χ0) is 19.8. The molecule has 3 N–H and O–H groups in total. The Morgan fingerprint density at radius 3 is 2.68 bits per heavy atom. The van der Waals surface area contributed by atoms with Crippen molar-refractivity contribution in [2.24, 2.45) is 0 Å². The third-order valence-electron chi connectivity index (χ3n) is 4.81. The molecule has 28 heavy (non-hydrogen) atoms. The van der Waals surface area contributed by atoms with Crippen molar-refractivity contribution < 1.29 is 9.59 Å². The number of rotatable bonds is 5. The van der Waals surface area contributed by atoms with E-state index in [2.05, 4.69) is 10.3 Å². The lowest BCUT2D eigenvalue weighted by atomic mass is 9.93. The number of aryl methyl sites for hydroxylation is 1. The highest BCUT2D eigenvalue weighted by Crippen LogP contribution is 2.24. The average Bonchev–Trinajstić information content (AvgIpc) is 3.41. The van der Waals surface area contributed by atoms with Gasteiger partial charge in [0.1, 0.15) is 20.0 Å². The highest BCUT2D eigenvalue weighted by molar-refractivity contribution is 6.33. The van der Waals surface area contributed by atoms with E-state index in [1.807, 2.05) is 13.0 Å². The molecule has 138 valence electrons. The van der Waals surface area contributed by atoms with Crippen molar-refractivity contribution in [1.82, 2.24) is 14.9 Å². The summed E-state index contributed by atoms with van der Waals surface area (Å²) >= 11 is 0. The minimum Gasteiger partial charge on any atom is -0.383 e. The monoisotopic (exact) mass is 370 g/mol. The first kappa shape index (κ1) is 18.0. The number of nitrogens with one attached hydrogen (secondary N) is 1. The number of nitrogens with two attached hydrogens (primary N) is 1. The van der Waals surface area contributed by atoms with Crippen LogP contribution < -0.4 is 16.5 Å². The summed E-state index contributed by atoms with van der Waals surface area (Å²) in [5.74, 6) is -0.197. The number of amides is 1. The molecule has 1 aromatic heterocycles. The van der Waals surface area contributed by atoms with Gasteiger partial charge < -0.3 is 11.1 Å². The SMILES string of the molecule is [B]c1cccc(C(=O)c2ncn(-c3cc(C(=O)NC4CC4)ccc3C)c2N)c1. The van der Waals surface area contributed by atoms with Crippen molar-refractivity contribution in [2.45, 2.75) is 25.8 Å². The summed E-state index contributed by atoms with van der Waals surface area (Å²) in [5, 5.41) is 2.97. The number of benzene rings is 2. The van der Waals surface area contributed by atoms with Gasteiger partial charge in [-0.25, -0.2) is 4.98 Å². The van der Waals surface area contributed by atoms with Crippen LogP contribution in [0.3, 0.4) is 0 Å². The van der Waals surface area contributed by atoms with E-state index in [9.17, 15) is 9.59 Å². The maximum atomic E-state index is 12.8. The number of nitrogen functional groups attached to an aromatic ring is 1. The fraction of sp³-hybridized carbons (Fsp3) is 0.190. The first-order chi connectivity index (χ1) is 13.4. The van der Waals surface area contributed by atoms with Crippen LogP contribution in [-0.2, 0) is 0 Å². The van der Waals surface area contributed by atoms with Crippen LogP contribution in [0, 0.1) is 6.92 Å². The van der Waals surface area contributed by atoms with E-state index < -0.39 is 0 Å². The number of imidazole rings is 1. The van der Waals surface area contributed by atoms with Crippen LogP contribution in [0.2, 0.25) is 0 Å². The smallest absolute Gasteiger partial charge is 0.251 e. The number of nitrogens with zero attached hydrogens (tertiary/aromatic N) is 2. The van der Waals surface area contributed by atoms with Gasteiger partial charge in [0.25, 0.3) is 5.91 Å². The van der Waals surface area contributed by atoms with Gasteiger partial charge in [-0.3, -0.25) is 14.2 Å². The Labute approximate surface area is 164 Å². The first-order valence-corrected chi connectivity index (χ1v) is 9.09. The van der Waals surface area contributed by atoms with Crippen LogP contribution in [0.5, 0.6) is 0 Å². The Bertz CT molecular complexity index is 1090. The second-order valence-electron chi connectivity index (χ2n) is 7.05. The molecule has 7 heteroatoms. The molecule has 0 bridgehead atoms. The van der Waals surface area contributed by atoms with Crippen molar-refractivity contribution in [1.29, 1.82) is 0 Å². The molecule has 1 saturated carbocycles. The molecule has 1 aliphatic rings. The predicted molar refractivity (Wildman–Crippen MR) is 108 cm³/mol. The zero-order valence-electron chi connectivity index (χ0n) is 15.5. The third kappa shape index (κ3) is 3.43. The Balaban J connectivity index is 1.68. The van der Waals surface area contributed by atoms with Gasteiger partial charge in [-0.2, -0.15) is 0 Å². The quantitative estimate of drug-likeness (QED) is 0.528. The molecule has 1 aliphatic carbocycles.